The number of Topliss-reactive ketones (excluding diaryl/α,β-unsaturated/α-hetero) is 1. The van der Waals surface area contributed by atoms with Crippen LogP contribution in [0.15, 0.2) is 51.5 Å². The summed E-state index contributed by atoms with van der Waals surface area (Å²) in [7, 11) is 0. The molecule has 1 aromatic carbocycles. The summed E-state index contributed by atoms with van der Waals surface area (Å²) in [6, 6.07) is 11.1. The molecule has 86 valence electrons. The van der Waals surface area contributed by atoms with E-state index in [0.29, 0.717) is 12.0 Å². The molecule has 4 heteroatoms. The van der Waals surface area contributed by atoms with Gasteiger partial charge < -0.3 is 0 Å². The predicted molar refractivity (Wildman–Crippen MR) is 74.1 cm³/mol. The Morgan fingerprint density at radius 2 is 2.00 bits per heavy atom. The summed E-state index contributed by atoms with van der Waals surface area (Å²) >= 11 is 6.74. The second-order valence-electron chi connectivity index (χ2n) is 3.55. The maximum Gasteiger partial charge on any atom is 0.169 e. The number of hydrogen-bond donors (Lipinski definition) is 0. The molecule has 0 fully saturated rings. The normalized spacial score (nSPS) is 10.2. The lowest BCUT2D eigenvalue weighted by molar-refractivity contribution is 0.0991. The maximum atomic E-state index is 12.1. The highest BCUT2D eigenvalue weighted by Gasteiger charge is 2.11. The van der Waals surface area contributed by atoms with Gasteiger partial charge in [-0.1, -0.05) is 37.9 Å². The van der Waals surface area contributed by atoms with Crippen molar-refractivity contribution in [2.45, 2.75) is 6.42 Å². The number of carbonyl (C=O) groups is 1. The zero-order valence-electron chi connectivity index (χ0n) is 8.86. The van der Waals surface area contributed by atoms with E-state index in [-0.39, 0.29) is 5.78 Å². The Labute approximate surface area is 116 Å². The largest absolute Gasteiger partial charge is 0.294 e. The van der Waals surface area contributed by atoms with E-state index >= 15 is 0 Å². The van der Waals surface area contributed by atoms with Gasteiger partial charge in [-0.25, -0.2) is 0 Å². The smallest absolute Gasteiger partial charge is 0.169 e. The Morgan fingerprint density at radius 1 is 1.18 bits per heavy atom. The number of aromatic nitrogens is 1. The zero-order valence-corrected chi connectivity index (χ0v) is 12.0. The van der Waals surface area contributed by atoms with Crippen molar-refractivity contribution in [1.29, 1.82) is 0 Å². The van der Waals surface area contributed by atoms with Crippen LogP contribution in [0.25, 0.3) is 0 Å². The first-order valence-electron chi connectivity index (χ1n) is 5.05. The van der Waals surface area contributed by atoms with Gasteiger partial charge in [0, 0.05) is 26.4 Å². The van der Waals surface area contributed by atoms with Crippen molar-refractivity contribution in [2.75, 3.05) is 0 Å². The Kier molecular flexibility index (Phi) is 4.07. The number of hydrogen-bond acceptors (Lipinski definition) is 2. The van der Waals surface area contributed by atoms with Crippen LogP contribution in [-0.2, 0) is 6.42 Å². The third-order valence-corrected chi connectivity index (χ3v) is 3.48. The zero-order chi connectivity index (χ0) is 12.3. The van der Waals surface area contributed by atoms with E-state index in [4.69, 9.17) is 0 Å². The summed E-state index contributed by atoms with van der Waals surface area (Å²) in [5.74, 6) is 0.0527. The molecule has 0 radical (unpaired) electrons. The molecule has 0 atom stereocenters. The van der Waals surface area contributed by atoms with Crippen LogP contribution in [0, 0.1) is 0 Å². The van der Waals surface area contributed by atoms with E-state index in [2.05, 4.69) is 36.8 Å². The Bertz CT molecular complexity index is 540. The number of rotatable bonds is 3. The molecule has 1 aromatic heterocycles. The van der Waals surface area contributed by atoms with E-state index in [9.17, 15) is 4.79 Å². The fourth-order valence-corrected chi connectivity index (χ4v) is 2.30. The summed E-state index contributed by atoms with van der Waals surface area (Å²) in [5, 5.41) is 0. The standard InChI is InChI=1S/C13H9Br2NO/c14-9-4-5-12(15)11(7-9)13(17)8-10-3-1-2-6-16-10/h1-7H,8H2. The molecular formula is C13H9Br2NO. The van der Waals surface area contributed by atoms with Crippen molar-refractivity contribution in [1.82, 2.24) is 4.98 Å². The molecule has 17 heavy (non-hydrogen) atoms. The molecule has 2 rings (SSSR count). The second-order valence-corrected chi connectivity index (χ2v) is 5.32. The van der Waals surface area contributed by atoms with Crippen LogP contribution < -0.4 is 0 Å². The van der Waals surface area contributed by atoms with Crippen LogP contribution in [0.2, 0.25) is 0 Å². The van der Waals surface area contributed by atoms with Crippen molar-refractivity contribution in [3.05, 3.63) is 62.8 Å². The van der Waals surface area contributed by atoms with Gasteiger partial charge in [0.2, 0.25) is 0 Å². The molecular weight excluding hydrogens is 346 g/mol. The average Bonchev–Trinajstić information content (AvgIpc) is 2.33. The Hall–Kier alpha value is -1.000. The van der Waals surface area contributed by atoms with Gasteiger partial charge in [-0.3, -0.25) is 9.78 Å². The average molecular weight is 355 g/mol. The van der Waals surface area contributed by atoms with Crippen LogP contribution in [0.4, 0.5) is 0 Å². The third-order valence-electron chi connectivity index (χ3n) is 2.30. The van der Waals surface area contributed by atoms with Gasteiger partial charge in [0.25, 0.3) is 0 Å². The molecule has 0 N–H and O–H groups in total. The predicted octanol–water partition coefficient (Wildman–Crippen LogP) is 4.03. The van der Waals surface area contributed by atoms with Gasteiger partial charge in [0.1, 0.15) is 0 Å². The molecule has 0 aliphatic rings. The molecule has 0 amide bonds. The molecule has 2 aromatic rings. The Balaban J connectivity index is 2.23. The van der Waals surface area contributed by atoms with Gasteiger partial charge in [-0.2, -0.15) is 0 Å². The van der Waals surface area contributed by atoms with Crippen molar-refractivity contribution >= 4 is 37.6 Å². The monoisotopic (exact) mass is 353 g/mol. The van der Waals surface area contributed by atoms with Gasteiger partial charge >= 0.3 is 0 Å². The number of ketones is 1. The molecule has 0 aliphatic carbocycles. The molecule has 0 saturated carbocycles. The summed E-state index contributed by atoms with van der Waals surface area (Å²) in [6.07, 6.45) is 2.01. The minimum atomic E-state index is 0.0527. The lowest BCUT2D eigenvalue weighted by Crippen LogP contribution is -2.05. The van der Waals surface area contributed by atoms with Crippen molar-refractivity contribution in [2.24, 2.45) is 0 Å². The molecule has 1 heterocycles. The quantitative estimate of drug-likeness (QED) is 0.779. The van der Waals surface area contributed by atoms with Crippen molar-refractivity contribution in [3.63, 3.8) is 0 Å². The summed E-state index contributed by atoms with van der Waals surface area (Å²) in [5.41, 5.74) is 1.45. The topological polar surface area (TPSA) is 30.0 Å². The highest BCUT2D eigenvalue weighted by atomic mass is 79.9. The molecule has 2 nitrogen and oxygen atoms in total. The highest BCUT2D eigenvalue weighted by molar-refractivity contribution is 9.11. The first-order chi connectivity index (χ1) is 8.16. The highest BCUT2D eigenvalue weighted by Crippen LogP contribution is 2.22. The first-order valence-corrected chi connectivity index (χ1v) is 6.63. The van der Waals surface area contributed by atoms with Gasteiger partial charge in [-0.15, -0.1) is 0 Å². The van der Waals surface area contributed by atoms with Crippen LogP contribution in [0.5, 0.6) is 0 Å². The van der Waals surface area contributed by atoms with E-state index < -0.39 is 0 Å². The summed E-state index contributed by atoms with van der Waals surface area (Å²) in [4.78, 5) is 16.2. The van der Waals surface area contributed by atoms with Crippen molar-refractivity contribution in [3.8, 4) is 0 Å². The molecule has 0 spiro atoms. The molecule has 0 bridgehead atoms. The molecule has 0 unspecified atom stereocenters. The van der Waals surface area contributed by atoms with Crippen LogP contribution in [0.3, 0.4) is 0 Å². The third kappa shape index (κ3) is 3.23. The number of carbonyl (C=O) groups excluding carboxylic acids is 1. The summed E-state index contributed by atoms with van der Waals surface area (Å²) < 4.78 is 1.70. The van der Waals surface area contributed by atoms with Crippen LogP contribution in [0.1, 0.15) is 16.1 Å². The van der Waals surface area contributed by atoms with Gasteiger partial charge in [0.05, 0.1) is 6.42 Å². The first kappa shape index (κ1) is 12.5. The summed E-state index contributed by atoms with van der Waals surface area (Å²) in [6.45, 7) is 0. The van der Waals surface area contributed by atoms with E-state index in [0.717, 1.165) is 14.6 Å². The number of nitrogens with zero attached hydrogens (tertiary/aromatic N) is 1. The fourth-order valence-electron chi connectivity index (χ4n) is 1.47. The number of pyridine rings is 1. The fraction of sp³-hybridized carbons (Fsp3) is 0.0769. The second kappa shape index (κ2) is 5.56. The maximum absolute atomic E-state index is 12.1. The number of benzene rings is 1. The van der Waals surface area contributed by atoms with E-state index in [1.54, 1.807) is 6.20 Å². The minimum Gasteiger partial charge on any atom is -0.294 e. The molecule has 0 aliphatic heterocycles. The van der Waals surface area contributed by atoms with Gasteiger partial charge in [-0.05, 0) is 30.3 Å². The van der Waals surface area contributed by atoms with E-state index in [1.807, 2.05) is 36.4 Å². The molecule has 0 saturated heterocycles. The van der Waals surface area contributed by atoms with Crippen LogP contribution in [-0.4, -0.2) is 10.8 Å². The number of halogens is 2. The van der Waals surface area contributed by atoms with Crippen molar-refractivity contribution < 1.29 is 4.79 Å². The lowest BCUT2D eigenvalue weighted by Gasteiger charge is -2.04. The van der Waals surface area contributed by atoms with Crippen LogP contribution >= 0.6 is 31.9 Å². The van der Waals surface area contributed by atoms with Gasteiger partial charge in [0.15, 0.2) is 5.78 Å². The Morgan fingerprint density at radius 3 is 2.71 bits per heavy atom. The SMILES string of the molecule is O=C(Cc1ccccn1)c1cc(Br)ccc1Br. The van der Waals surface area contributed by atoms with E-state index in [1.165, 1.54) is 0 Å². The lowest BCUT2D eigenvalue weighted by atomic mass is 10.1. The minimum absolute atomic E-state index is 0.0527.